The molecule has 0 heterocycles. The van der Waals surface area contributed by atoms with Crippen molar-refractivity contribution in [2.75, 3.05) is 4.72 Å². The maximum absolute atomic E-state index is 12.5. The third kappa shape index (κ3) is 3.26. The Labute approximate surface area is 132 Å². The van der Waals surface area contributed by atoms with Crippen LogP contribution in [0.25, 0.3) is 0 Å². The predicted molar refractivity (Wildman–Crippen MR) is 85.6 cm³/mol. The molecule has 2 aromatic carbocycles. The molecule has 0 bridgehead atoms. The molecule has 0 unspecified atom stereocenters. The van der Waals surface area contributed by atoms with Gasteiger partial charge in [0, 0.05) is 4.47 Å². The Kier molecular flexibility index (Phi) is 4.35. The van der Waals surface area contributed by atoms with Crippen LogP contribution in [0.15, 0.2) is 45.8 Å². The van der Waals surface area contributed by atoms with Crippen molar-refractivity contribution in [1.82, 2.24) is 0 Å². The van der Waals surface area contributed by atoms with Gasteiger partial charge in [0.1, 0.15) is 0 Å². The summed E-state index contributed by atoms with van der Waals surface area (Å²) in [5.41, 5.74) is 2.30. The molecule has 4 nitrogen and oxygen atoms in total. The van der Waals surface area contributed by atoms with Crippen LogP contribution in [0, 0.1) is 25.2 Å². The van der Waals surface area contributed by atoms with Gasteiger partial charge in [-0.05, 0) is 59.1 Å². The molecule has 0 aliphatic heterocycles. The molecule has 0 fully saturated rings. The van der Waals surface area contributed by atoms with Crippen molar-refractivity contribution in [3.8, 4) is 6.07 Å². The number of hydrogen-bond acceptors (Lipinski definition) is 3. The van der Waals surface area contributed by atoms with E-state index in [0.29, 0.717) is 21.3 Å². The molecule has 0 atom stereocenters. The van der Waals surface area contributed by atoms with Crippen LogP contribution >= 0.6 is 15.9 Å². The number of hydrogen-bond donors (Lipinski definition) is 1. The molecular weight excluding hydrogens is 352 g/mol. The first kappa shape index (κ1) is 15.5. The number of rotatable bonds is 3. The number of benzene rings is 2. The summed E-state index contributed by atoms with van der Waals surface area (Å²) < 4.78 is 28.3. The van der Waals surface area contributed by atoms with Gasteiger partial charge in [-0.1, -0.05) is 18.2 Å². The second-order valence-corrected chi connectivity index (χ2v) is 7.08. The topological polar surface area (TPSA) is 70.0 Å². The molecule has 0 saturated heterocycles. The monoisotopic (exact) mass is 364 g/mol. The standard InChI is InChI=1S/C15H13BrN2O2S/c1-10-6-7-12(9-17)8-14(10)21(19,20)18-13-5-3-4-11(2)15(13)16/h3-8,18H,1-2H3. The third-order valence-electron chi connectivity index (χ3n) is 3.04. The first-order valence-electron chi connectivity index (χ1n) is 6.14. The van der Waals surface area contributed by atoms with E-state index in [1.807, 2.05) is 19.1 Å². The molecule has 6 heteroatoms. The van der Waals surface area contributed by atoms with Gasteiger partial charge in [-0.15, -0.1) is 0 Å². The van der Waals surface area contributed by atoms with Crippen LogP contribution in [0.5, 0.6) is 0 Å². The lowest BCUT2D eigenvalue weighted by molar-refractivity contribution is 0.600. The van der Waals surface area contributed by atoms with Gasteiger partial charge in [0.25, 0.3) is 10.0 Å². The average Bonchev–Trinajstić information content (AvgIpc) is 2.44. The lowest BCUT2D eigenvalue weighted by atomic mass is 10.2. The minimum Gasteiger partial charge on any atom is -0.278 e. The fraction of sp³-hybridized carbons (Fsp3) is 0.133. The largest absolute Gasteiger partial charge is 0.278 e. The summed E-state index contributed by atoms with van der Waals surface area (Å²) in [6.07, 6.45) is 0. The molecule has 1 N–H and O–H groups in total. The van der Waals surface area contributed by atoms with Crippen molar-refractivity contribution < 1.29 is 8.42 Å². The summed E-state index contributed by atoms with van der Waals surface area (Å²) in [5.74, 6) is 0. The Morgan fingerprint density at radius 1 is 1.14 bits per heavy atom. The van der Waals surface area contributed by atoms with Crippen LogP contribution in [0.3, 0.4) is 0 Å². The molecule has 0 aromatic heterocycles. The van der Waals surface area contributed by atoms with Crippen molar-refractivity contribution in [1.29, 1.82) is 5.26 Å². The maximum atomic E-state index is 12.5. The number of sulfonamides is 1. The molecule has 108 valence electrons. The molecule has 0 radical (unpaired) electrons. The molecule has 2 rings (SSSR count). The number of anilines is 1. The Morgan fingerprint density at radius 3 is 2.52 bits per heavy atom. The fourth-order valence-corrected chi connectivity index (χ4v) is 3.72. The van der Waals surface area contributed by atoms with Gasteiger partial charge in [0.05, 0.1) is 22.2 Å². The summed E-state index contributed by atoms with van der Waals surface area (Å²) in [4.78, 5) is 0.106. The number of nitrogens with zero attached hydrogens (tertiary/aromatic N) is 1. The first-order valence-corrected chi connectivity index (χ1v) is 8.41. The van der Waals surface area contributed by atoms with E-state index in [-0.39, 0.29) is 4.90 Å². The van der Waals surface area contributed by atoms with Crippen LogP contribution in [-0.4, -0.2) is 8.42 Å². The highest BCUT2D eigenvalue weighted by molar-refractivity contribution is 9.10. The van der Waals surface area contributed by atoms with Crippen molar-refractivity contribution >= 4 is 31.6 Å². The lowest BCUT2D eigenvalue weighted by Crippen LogP contribution is -2.15. The van der Waals surface area contributed by atoms with Crippen LogP contribution in [0.1, 0.15) is 16.7 Å². The summed E-state index contributed by atoms with van der Waals surface area (Å²) in [7, 11) is -3.75. The molecule has 0 saturated carbocycles. The van der Waals surface area contributed by atoms with E-state index in [9.17, 15) is 8.42 Å². The maximum Gasteiger partial charge on any atom is 0.262 e. The van der Waals surface area contributed by atoms with E-state index >= 15 is 0 Å². The normalized spacial score (nSPS) is 11.0. The highest BCUT2D eigenvalue weighted by atomic mass is 79.9. The number of aryl methyl sites for hydroxylation is 2. The van der Waals surface area contributed by atoms with Crippen LogP contribution in [0.4, 0.5) is 5.69 Å². The fourth-order valence-electron chi connectivity index (χ4n) is 1.89. The minimum absolute atomic E-state index is 0.106. The Bertz CT molecular complexity index is 839. The van der Waals surface area contributed by atoms with E-state index in [0.717, 1.165) is 5.56 Å². The molecular formula is C15H13BrN2O2S. The van der Waals surface area contributed by atoms with Gasteiger partial charge in [-0.3, -0.25) is 4.72 Å². The number of halogens is 1. The van der Waals surface area contributed by atoms with E-state index < -0.39 is 10.0 Å². The van der Waals surface area contributed by atoms with E-state index in [4.69, 9.17) is 5.26 Å². The average molecular weight is 365 g/mol. The summed E-state index contributed by atoms with van der Waals surface area (Å²) >= 11 is 3.37. The Balaban J connectivity index is 2.49. The van der Waals surface area contributed by atoms with Gasteiger partial charge < -0.3 is 0 Å². The summed E-state index contributed by atoms with van der Waals surface area (Å²) in [6, 6.07) is 11.9. The zero-order chi connectivity index (χ0) is 15.6. The second-order valence-electron chi connectivity index (χ2n) is 4.63. The molecule has 0 spiro atoms. The van der Waals surface area contributed by atoms with Crippen molar-refractivity contribution in [3.05, 3.63) is 57.6 Å². The van der Waals surface area contributed by atoms with E-state index in [1.165, 1.54) is 6.07 Å². The Morgan fingerprint density at radius 2 is 1.86 bits per heavy atom. The number of nitriles is 1. The molecule has 0 aliphatic rings. The van der Waals surface area contributed by atoms with Crippen LogP contribution < -0.4 is 4.72 Å². The highest BCUT2D eigenvalue weighted by Crippen LogP contribution is 2.28. The zero-order valence-corrected chi connectivity index (χ0v) is 13.9. The summed E-state index contributed by atoms with van der Waals surface area (Å²) in [5, 5.41) is 8.92. The zero-order valence-electron chi connectivity index (χ0n) is 11.5. The van der Waals surface area contributed by atoms with E-state index in [1.54, 1.807) is 31.2 Å². The smallest absolute Gasteiger partial charge is 0.262 e. The second kappa shape index (κ2) is 5.88. The van der Waals surface area contributed by atoms with Gasteiger partial charge in [-0.2, -0.15) is 5.26 Å². The van der Waals surface area contributed by atoms with Crippen molar-refractivity contribution in [2.24, 2.45) is 0 Å². The van der Waals surface area contributed by atoms with E-state index in [2.05, 4.69) is 20.7 Å². The van der Waals surface area contributed by atoms with Gasteiger partial charge >= 0.3 is 0 Å². The minimum atomic E-state index is -3.75. The van der Waals surface area contributed by atoms with Gasteiger partial charge in [0.15, 0.2) is 0 Å². The Hall–Kier alpha value is -1.84. The SMILES string of the molecule is Cc1ccc(C#N)cc1S(=O)(=O)Nc1cccc(C)c1Br. The quantitative estimate of drug-likeness (QED) is 0.901. The summed E-state index contributed by atoms with van der Waals surface area (Å²) in [6.45, 7) is 3.57. The third-order valence-corrected chi connectivity index (χ3v) is 5.60. The van der Waals surface area contributed by atoms with Crippen molar-refractivity contribution in [2.45, 2.75) is 18.7 Å². The predicted octanol–water partition coefficient (Wildman–Crippen LogP) is 3.74. The van der Waals surface area contributed by atoms with Crippen LogP contribution in [-0.2, 0) is 10.0 Å². The molecule has 21 heavy (non-hydrogen) atoms. The first-order chi connectivity index (χ1) is 9.85. The molecule has 0 aliphatic carbocycles. The lowest BCUT2D eigenvalue weighted by Gasteiger charge is -2.13. The number of nitrogens with one attached hydrogen (secondary N) is 1. The molecule has 0 amide bonds. The molecule has 2 aromatic rings. The van der Waals surface area contributed by atoms with Gasteiger partial charge in [-0.25, -0.2) is 8.42 Å². The van der Waals surface area contributed by atoms with Gasteiger partial charge in [0.2, 0.25) is 0 Å². The highest BCUT2D eigenvalue weighted by Gasteiger charge is 2.19. The van der Waals surface area contributed by atoms with Crippen molar-refractivity contribution in [3.63, 3.8) is 0 Å². The van der Waals surface area contributed by atoms with Crippen LogP contribution in [0.2, 0.25) is 0 Å².